The fraction of sp³-hybridized carbons (Fsp3) is 0.800. The lowest BCUT2D eigenvalue weighted by molar-refractivity contribution is -0.302. The maximum atomic E-state index is 11.8. The summed E-state index contributed by atoms with van der Waals surface area (Å²) in [4.78, 5) is 0. The fourth-order valence-electron chi connectivity index (χ4n) is 0.446. The van der Waals surface area contributed by atoms with Crippen molar-refractivity contribution in [2.75, 3.05) is 0 Å². The highest BCUT2D eigenvalue weighted by atomic mass is 19.4. The van der Waals surface area contributed by atoms with Gasteiger partial charge in [0.1, 0.15) is 0 Å². The van der Waals surface area contributed by atoms with Gasteiger partial charge in [-0.25, -0.2) is 0 Å². The maximum absolute atomic E-state index is 11.8. The van der Waals surface area contributed by atoms with Crippen molar-refractivity contribution in [1.82, 2.24) is 0 Å². The van der Waals surface area contributed by atoms with Gasteiger partial charge in [-0.15, -0.1) is 0 Å². The van der Waals surface area contributed by atoms with Crippen LogP contribution in [0.25, 0.3) is 0 Å². The van der Waals surface area contributed by atoms with E-state index in [2.05, 4.69) is 0 Å². The quantitative estimate of drug-likeness (QED) is 0.653. The molecule has 0 saturated carbocycles. The SMILES string of the molecule is F[C](F)C(F)(F)CC(F)(F)C(F)(F)F. The van der Waals surface area contributed by atoms with Gasteiger partial charge in [0.05, 0.1) is 6.42 Å². The van der Waals surface area contributed by atoms with E-state index in [1.807, 2.05) is 0 Å². The smallest absolute Gasteiger partial charge is 0.199 e. The first-order valence-corrected chi connectivity index (χ1v) is 2.91. The number of halogens is 9. The zero-order chi connectivity index (χ0) is 11.8. The van der Waals surface area contributed by atoms with E-state index < -0.39 is 30.9 Å². The molecule has 0 aromatic carbocycles. The number of rotatable bonds is 3. The van der Waals surface area contributed by atoms with E-state index in [9.17, 15) is 39.5 Å². The lowest BCUT2D eigenvalue weighted by Gasteiger charge is -2.23. The van der Waals surface area contributed by atoms with E-state index in [-0.39, 0.29) is 0 Å². The molecule has 14 heavy (non-hydrogen) atoms. The van der Waals surface area contributed by atoms with Gasteiger partial charge >= 0.3 is 24.4 Å². The van der Waals surface area contributed by atoms with Crippen LogP contribution in [0.15, 0.2) is 0 Å². The average Bonchev–Trinajstić information content (AvgIpc) is 1.80. The Hall–Kier alpha value is -0.630. The van der Waals surface area contributed by atoms with Crippen molar-refractivity contribution in [1.29, 1.82) is 0 Å². The van der Waals surface area contributed by atoms with Crippen LogP contribution in [0.2, 0.25) is 0 Å². The summed E-state index contributed by atoms with van der Waals surface area (Å²) in [6, 6.07) is 0. The van der Waals surface area contributed by atoms with Crippen LogP contribution >= 0.6 is 0 Å². The van der Waals surface area contributed by atoms with Gasteiger partial charge in [0, 0.05) is 0 Å². The summed E-state index contributed by atoms with van der Waals surface area (Å²) < 4.78 is 104. The molecule has 0 rings (SSSR count). The highest BCUT2D eigenvalue weighted by Gasteiger charge is 2.64. The molecule has 9 heteroatoms. The van der Waals surface area contributed by atoms with E-state index in [1.165, 1.54) is 0 Å². The zero-order valence-corrected chi connectivity index (χ0v) is 6.11. The van der Waals surface area contributed by atoms with Crippen LogP contribution in [0.1, 0.15) is 6.42 Å². The molecule has 85 valence electrons. The minimum Gasteiger partial charge on any atom is -0.199 e. The van der Waals surface area contributed by atoms with Crippen LogP contribution in [0.4, 0.5) is 39.5 Å². The Kier molecular flexibility index (Phi) is 3.34. The van der Waals surface area contributed by atoms with Crippen molar-refractivity contribution >= 4 is 0 Å². The third-order valence-corrected chi connectivity index (χ3v) is 1.14. The molecule has 0 aliphatic carbocycles. The van der Waals surface area contributed by atoms with E-state index in [0.29, 0.717) is 0 Å². The molecule has 0 aliphatic heterocycles. The minimum absolute atomic E-state index is 3.29. The number of alkyl halides is 7. The third kappa shape index (κ3) is 2.95. The summed E-state index contributed by atoms with van der Waals surface area (Å²) in [5, 5.41) is 0. The molecule has 0 nitrogen and oxygen atoms in total. The Morgan fingerprint density at radius 3 is 1.36 bits per heavy atom. The van der Waals surface area contributed by atoms with Crippen molar-refractivity contribution in [3.05, 3.63) is 6.43 Å². The Labute approximate surface area is 71.7 Å². The molecule has 1 radical (unpaired) electrons. The van der Waals surface area contributed by atoms with E-state index in [4.69, 9.17) is 0 Å². The Bertz CT molecular complexity index is 190. The molecule has 0 aliphatic rings. The van der Waals surface area contributed by atoms with E-state index >= 15 is 0 Å². The molecule has 0 saturated heterocycles. The first-order valence-electron chi connectivity index (χ1n) is 2.91. The van der Waals surface area contributed by atoms with Crippen LogP contribution in [-0.4, -0.2) is 18.0 Å². The molecule has 0 aromatic heterocycles. The molecular formula is C5H2F9. The molecule has 0 N–H and O–H groups in total. The summed E-state index contributed by atoms with van der Waals surface area (Å²) >= 11 is 0. The van der Waals surface area contributed by atoms with Crippen molar-refractivity contribution < 1.29 is 39.5 Å². The lowest BCUT2D eigenvalue weighted by Crippen LogP contribution is -2.42. The van der Waals surface area contributed by atoms with Crippen LogP contribution in [0.3, 0.4) is 0 Å². The molecule has 0 heterocycles. The van der Waals surface area contributed by atoms with Crippen LogP contribution < -0.4 is 0 Å². The van der Waals surface area contributed by atoms with Crippen molar-refractivity contribution in [3.8, 4) is 0 Å². The van der Waals surface area contributed by atoms with Gasteiger partial charge < -0.3 is 0 Å². The molecule has 0 aromatic rings. The van der Waals surface area contributed by atoms with Gasteiger partial charge in [0.2, 0.25) is 0 Å². The topological polar surface area (TPSA) is 0 Å². The van der Waals surface area contributed by atoms with Crippen LogP contribution in [0.5, 0.6) is 0 Å². The average molecular weight is 233 g/mol. The van der Waals surface area contributed by atoms with Gasteiger partial charge in [0.25, 0.3) is 0 Å². The zero-order valence-electron chi connectivity index (χ0n) is 6.11. The van der Waals surface area contributed by atoms with Crippen LogP contribution in [0, 0.1) is 6.43 Å². The first-order chi connectivity index (χ1) is 5.90. The van der Waals surface area contributed by atoms with E-state index in [0.717, 1.165) is 0 Å². The minimum atomic E-state index is -6.27. The van der Waals surface area contributed by atoms with Gasteiger partial charge in [-0.05, 0) is 0 Å². The van der Waals surface area contributed by atoms with Crippen molar-refractivity contribution in [2.24, 2.45) is 0 Å². The second-order valence-electron chi connectivity index (χ2n) is 2.34. The fourth-order valence-corrected chi connectivity index (χ4v) is 0.446. The largest absolute Gasteiger partial charge is 0.453 e. The van der Waals surface area contributed by atoms with Gasteiger partial charge in [-0.1, -0.05) is 0 Å². The monoisotopic (exact) mass is 233 g/mol. The summed E-state index contributed by atoms with van der Waals surface area (Å²) in [6.07, 6.45) is -13.3. The molecule has 0 amide bonds. The second kappa shape index (κ2) is 3.50. The van der Waals surface area contributed by atoms with Crippen molar-refractivity contribution in [2.45, 2.75) is 24.4 Å². The first kappa shape index (κ1) is 13.4. The van der Waals surface area contributed by atoms with Gasteiger partial charge in [0.15, 0.2) is 0 Å². The Morgan fingerprint density at radius 1 is 0.786 bits per heavy atom. The number of hydrogen-bond donors (Lipinski definition) is 0. The molecule has 0 fully saturated rings. The van der Waals surface area contributed by atoms with Crippen LogP contribution in [-0.2, 0) is 0 Å². The normalized spacial score (nSPS) is 15.0. The summed E-state index contributed by atoms with van der Waals surface area (Å²) in [6.45, 7) is 0. The highest BCUT2D eigenvalue weighted by Crippen LogP contribution is 2.45. The highest BCUT2D eigenvalue weighted by molar-refractivity contribution is 4.91. The van der Waals surface area contributed by atoms with E-state index in [1.54, 1.807) is 0 Å². The second-order valence-corrected chi connectivity index (χ2v) is 2.34. The summed E-state index contributed by atoms with van der Waals surface area (Å²) in [7, 11) is 0. The molecule has 0 atom stereocenters. The summed E-state index contributed by atoms with van der Waals surface area (Å²) in [5.41, 5.74) is 0. The predicted molar refractivity (Wildman–Crippen MR) is 26.0 cm³/mol. The molecule has 0 spiro atoms. The predicted octanol–water partition coefficient (Wildman–Crippen LogP) is 3.64. The maximum Gasteiger partial charge on any atom is 0.453 e. The lowest BCUT2D eigenvalue weighted by atomic mass is 10.1. The Balaban J connectivity index is 4.67. The Morgan fingerprint density at radius 2 is 1.14 bits per heavy atom. The molecule has 0 unspecified atom stereocenters. The van der Waals surface area contributed by atoms with Gasteiger partial charge in [-0.2, -0.15) is 39.5 Å². The molecular weight excluding hydrogens is 231 g/mol. The standard InChI is InChI=1S/C5H2F9/c6-2(7)3(8,9)1-4(10,11)5(12,13)14/h1H2. The van der Waals surface area contributed by atoms with Crippen molar-refractivity contribution in [3.63, 3.8) is 0 Å². The van der Waals surface area contributed by atoms with Gasteiger partial charge in [-0.3, -0.25) is 0 Å². The third-order valence-electron chi connectivity index (χ3n) is 1.14. The number of hydrogen-bond acceptors (Lipinski definition) is 0. The molecule has 0 bridgehead atoms. The summed E-state index contributed by atoms with van der Waals surface area (Å²) in [5.74, 6) is -11.3.